The molecular weight excluding hydrogens is 408 g/mol. The molecule has 0 aliphatic carbocycles. The van der Waals surface area contributed by atoms with Crippen molar-refractivity contribution < 1.29 is 14.3 Å². The molecule has 0 aliphatic heterocycles. The maximum Gasteiger partial charge on any atom is 0.257 e. The van der Waals surface area contributed by atoms with E-state index in [0.717, 1.165) is 4.90 Å². The summed E-state index contributed by atoms with van der Waals surface area (Å²) in [4.78, 5) is 25.9. The second-order valence-electron chi connectivity index (χ2n) is 6.06. The minimum Gasteiger partial charge on any atom is -0.497 e. The number of hydrogen-bond donors (Lipinski definition) is 2. The molecule has 0 heterocycles. The van der Waals surface area contributed by atoms with Crippen molar-refractivity contribution in [3.05, 3.63) is 82.9 Å². The number of anilines is 2. The smallest absolute Gasteiger partial charge is 0.257 e. The van der Waals surface area contributed by atoms with E-state index in [1.54, 1.807) is 67.8 Å². The summed E-state index contributed by atoms with van der Waals surface area (Å²) >= 11 is 7.68. The third-order valence-corrected chi connectivity index (χ3v) is 5.23. The zero-order valence-electron chi connectivity index (χ0n) is 15.9. The van der Waals surface area contributed by atoms with Crippen molar-refractivity contribution in [1.29, 1.82) is 0 Å². The van der Waals surface area contributed by atoms with Gasteiger partial charge in [0.1, 0.15) is 5.75 Å². The quantitative estimate of drug-likeness (QED) is 0.505. The number of ether oxygens (including phenoxy) is 1. The zero-order chi connectivity index (χ0) is 20.8. The SMILES string of the molecule is COc1ccc(NC(=O)c2ccc(NC(=O)c3cc(SC)ccc3Cl)cc2)cc1. The molecule has 0 saturated carbocycles. The molecule has 0 aliphatic rings. The van der Waals surface area contributed by atoms with Gasteiger partial charge in [0.2, 0.25) is 0 Å². The van der Waals surface area contributed by atoms with Crippen LogP contribution in [0, 0.1) is 0 Å². The Morgan fingerprint density at radius 3 is 2.03 bits per heavy atom. The Morgan fingerprint density at radius 1 is 0.862 bits per heavy atom. The largest absolute Gasteiger partial charge is 0.497 e. The molecule has 148 valence electrons. The number of amides is 2. The standard InChI is InChI=1S/C22H19ClN2O3S/c1-28-17-9-7-16(8-10-17)24-21(26)14-3-5-15(6-4-14)25-22(27)19-13-18(29-2)11-12-20(19)23/h3-13H,1-2H3,(H,24,26)(H,25,27). The summed E-state index contributed by atoms with van der Waals surface area (Å²) < 4.78 is 5.10. The summed E-state index contributed by atoms with van der Waals surface area (Å²) in [5.74, 6) is 0.163. The predicted molar refractivity (Wildman–Crippen MR) is 119 cm³/mol. The fourth-order valence-electron chi connectivity index (χ4n) is 2.59. The van der Waals surface area contributed by atoms with Crippen molar-refractivity contribution in [3.8, 4) is 5.75 Å². The van der Waals surface area contributed by atoms with Gasteiger partial charge in [-0.2, -0.15) is 0 Å². The van der Waals surface area contributed by atoms with Gasteiger partial charge in [-0.25, -0.2) is 0 Å². The van der Waals surface area contributed by atoms with Crippen LogP contribution < -0.4 is 15.4 Å². The third kappa shape index (κ3) is 5.31. The molecule has 0 saturated heterocycles. The Morgan fingerprint density at radius 2 is 1.45 bits per heavy atom. The van der Waals surface area contributed by atoms with Crippen LogP contribution in [0.5, 0.6) is 5.75 Å². The average Bonchev–Trinajstić information content (AvgIpc) is 2.75. The Hall–Kier alpha value is -2.96. The van der Waals surface area contributed by atoms with E-state index in [1.165, 1.54) is 11.8 Å². The molecular formula is C22H19ClN2O3S. The number of halogens is 1. The van der Waals surface area contributed by atoms with Gasteiger partial charge < -0.3 is 15.4 Å². The lowest BCUT2D eigenvalue weighted by atomic mass is 10.1. The first-order valence-corrected chi connectivity index (χ1v) is 10.3. The Labute approximate surface area is 178 Å². The van der Waals surface area contributed by atoms with Crippen molar-refractivity contribution in [2.24, 2.45) is 0 Å². The normalized spacial score (nSPS) is 10.3. The molecule has 0 fully saturated rings. The molecule has 2 N–H and O–H groups in total. The number of carbonyl (C=O) groups is 2. The topological polar surface area (TPSA) is 67.4 Å². The summed E-state index contributed by atoms with van der Waals surface area (Å²) in [6.45, 7) is 0. The van der Waals surface area contributed by atoms with E-state index in [9.17, 15) is 9.59 Å². The van der Waals surface area contributed by atoms with Crippen LogP contribution in [0.1, 0.15) is 20.7 Å². The van der Waals surface area contributed by atoms with E-state index in [1.807, 2.05) is 12.3 Å². The lowest BCUT2D eigenvalue weighted by Crippen LogP contribution is -2.14. The number of benzene rings is 3. The van der Waals surface area contributed by atoms with Gasteiger partial charge in [0.15, 0.2) is 0 Å². The Bertz CT molecular complexity index is 1020. The van der Waals surface area contributed by atoms with Crippen LogP contribution in [0.2, 0.25) is 5.02 Å². The molecule has 0 aromatic heterocycles. The summed E-state index contributed by atoms with van der Waals surface area (Å²) in [5.41, 5.74) is 2.11. The molecule has 3 aromatic rings. The van der Waals surface area contributed by atoms with Crippen LogP contribution in [-0.2, 0) is 0 Å². The molecule has 2 amide bonds. The van der Waals surface area contributed by atoms with Crippen LogP contribution in [0.15, 0.2) is 71.6 Å². The highest BCUT2D eigenvalue weighted by Crippen LogP contribution is 2.24. The molecule has 3 rings (SSSR count). The number of methoxy groups -OCH3 is 1. The summed E-state index contributed by atoms with van der Waals surface area (Å²) in [5, 5.41) is 6.00. The second kappa shape index (κ2) is 9.49. The highest BCUT2D eigenvalue weighted by Gasteiger charge is 2.12. The van der Waals surface area contributed by atoms with E-state index in [4.69, 9.17) is 16.3 Å². The number of thioether (sulfide) groups is 1. The number of rotatable bonds is 6. The van der Waals surface area contributed by atoms with Gasteiger partial charge in [0.05, 0.1) is 17.7 Å². The summed E-state index contributed by atoms with van der Waals surface area (Å²) in [7, 11) is 1.58. The van der Waals surface area contributed by atoms with Gasteiger partial charge in [0, 0.05) is 21.8 Å². The van der Waals surface area contributed by atoms with E-state index in [-0.39, 0.29) is 11.8 Å². The number of carbonyl (C=O) groups excluding carboxylic acids is 2. The maximum absolute atomic E-state index is 12.5. The molecule has 0 radical (unpaired) electrons. The molecule has 7 heteroatoms. The third-order valence-electron chi connectivity index (χ3n) is 4.17. The lowest BCUT2D eigenvalue weighted by molar-refractivity contribution is 0.102. The van der Waals surface area contributed by atoms with Crippen molar-refractivity contribution >= 4 is 46.6 Å². The van der Waals surface area contributed by atoms with E-state index >= 15 is 0 Å². The lowest BCUT2D eigenvalue weighted by Gasteiger charge is -2.09. The summed E-state index contributed by atoms with van der Waals surface area (Å²) in [6, 6.07) is 19.0. The number of hydrogen-bond acceptors (Lipinski definition) is 4. The van der Waals surface area contributed by atoms with Gasteiger partial charge in [-0.3, -0.25) is 9.59 Å². The van der Waals surface area contributed by atoms with Crippen LogP contribution in [0.3, 0.4) is 0 Å². The van der Waals surface area contributed by atoms with E-state index < -0.39 is 0 Å². The average molecular weight is 427 g/mol. The van der Waals surface area contributed by atoms with Crippen LogP contribution in [0.25, 0.3) is 0 Å². The van der Waals surface area contributed by atoms with E-state index in [0.29, 0.717) is 33.3 Å². The number of nitrogens with one attached hydrogen (secondary N) is 2. The van der Waals surface area contributed by atoms with Gasteiger partial charge in [-0.15, -0.1) is 11.8 Å². The van der Waals surface area contributed by atoms with Gasteiger partial charge in [-0.05, 0) is 73.0 Å². The van der Waals surface area contributed by atoms with Crippen LogP contribution >= 0.6 is 23.4 Å². The molecule has 0 unspecified atom stereocenters. The molecule has 3 aromatic carbocycles. The first kappa shape index (κ1) is 20.8. The predicted octanol–water partition coefficient (Wildman–Crippen LogP) is 5.58. The monoisotopic (exact) mass is 426 g/mol. The molecule has 5 nitrogen and oxygen atoms in total. The van der Waals surface area contributed by atoms with E-state index in [2.05, 4.69) is 10.6 Å². The molecule has 29 heavy (non-hydrogen) atoms. The van der Waals surface area contributed by atoms with Crippen molar-refractivity contribution in [3.63, 3.8) is 0 Å². The van der Waals surface area contributed by atoms with Crippen LogP contribution in [-0.4, -0.2) is 25.2 Å². The fraction of sp³-hybridized carbons (Fsp3) is 0.0909. The summed E-state index contributed by atoms with van der Waals surface area (Å²) in [6.07, 6.45) is 1.93. The Balaban J connectivity index is 1.66. The van der Waals surface area contributed by atoms with Gasteiger partial charge >= 0.3 is 0 Å². The second-order valence-corrected chi connectivity index (χ2v) is 7.35. The highest BCUT2D eigenvalue weighted by atomic mass is 35.5. The Kier molecular flexibility index (Phi) is 6.80. The molecule has 0 atom stereocenters. The minimum absolute atomic E-state index is 0.247. The van der Waals surface area contributed by atoms with Crippen LogP contribution in [0.4, 0.5) is 11.4 Å². The highest BCUT2D eigenvalue weighted by molar-refractivity contribution is 7.98. The van der Waals surface area contributed by atoms with Crippen molar-refractivity contribution in [2.45, 2.75) is 4.90 Å². The first-order valence-electron chi connectivity index (χ1n) is 8.70. The van der Waals surface area contributed by atoms with Gasteiger partial charge in [-0.1, -0.05) is 11.6 Å². The maximum atomic E-state index is 12.5. The van der Waals surface area contributed by atoms with Gasteiger partial charge in [0.25, 0.3) is 11.8 Å². The van der Waals surface area contributed by atoms with Crippen molar-refractivity contribution in [2.75, 3.05) is 24.0 Å². The fourth-order valence-corrected chi connectivity index (χ4v) is 3.23. The molecule has 0 bridgehead atoms. The first-order chi connectivity index (χ1) is 14.0. The molecule has 0 spiro atoms. The van der Waals surface area contributed by atoms with Crippen molar-refractivity contribution in [1.82, 2.24) is 0 Å². The zero-order valence-corrected chi connectivity index (χ0v) is 17.4. The minimum atomic E-state index is -0.304.